The van der Waals surface area contributed by atoms with Gasteiger partial charge in [-0.1, -0.05) is 147 Å². The van der Waals surface area contributed by atoms with Crippen molar-refractivity contribution in [3.63, 3.8) is 0 Å². The van der Waals surface area contributed by atoms with E-state index in [9.17, 15) is 19.0 Å². The van der Waals surface area contributed by atoms with Gasteiger partial charge in [0.1, 0.15) is 6.61 Å². The molecule has 0 aliphatic rings. The van der Waals surface area contributed by atoms with Gasteiger partial charge in [-0.15, -0.1) is 0 Å². The summed E-state index contributed by atoms with van der Waals surface area (Å²) in [6.07, 6.45) is 43.2. The molecule has 0 amide bonds. The second-order valence-electron chi connectivity index (χ2n) is 14.5. The highest BCUT2D eigenvalue weighted by Gasteiger charge is 2.26. The number of phosphoric acid groups is 1. The van der Waals surface area contributed by atoms with E-state index in [-0.39, 0.29) is 32.0 Å². The van der Waals surface area contributed by atoms with E-state index in [1.165, 1.54) is 96.3 Å². The molecule has 10 heteroatoms. The molecule has 2 N–H and O–H groups in total. The third-order valence-electron chi connectivity index (χ3n) is 9.23. The van der Waals surface area contributed by atoms with E-state index in [0.717, 1.165) is 64.2 Å². The van der Waals surface area contributed by atoms with Gasteiger partial charge in [0.15, 0.2) is 6.10 Å². The van der Waals surface area contributed by atoms with Gasteiger partial charge in [-0.3, -0.25) is 18.6 Å². The van der Waals surface area contributed by atoms with Gasteiger partial charge in [0.05, 0.1) is 13.2 Å². The summed E-state index contributed by atoms with van der Waals surface area (Å²) in [5.41, 5.74) is 0. The zero-order valence-electron chi connectivity index (χ0n) is 34.9. The van der Waals surface area contributed by atoms with Gasteiger partial charge in [-0.25, -0.2) is 4.57 Å². The van der Waals surface area contributed by atoms with Gasteiger partial charge < -0.3 is 19.7 Å². The maximum absolute atomic E-state index is 12.6. The smallest absolute Gasteiger partial charge is 0.462 e. The number of likely N-dealkylation sites (N-methyl/N-ethyl adjacent to an activating group) is 1. The van der Waals surface area contributed by atoms with Crippen LogP contribution in [0.25, 0.3) is 0 Å². The molecule has 0 saturated heterocycles. The number of carbonyl (C=O) groups excluding carboxylic acids is 2. The summed E-state index contributed by atoms with van der Waals surface area (Å²) in [5, 5.41) is 2.82. The van der Waals surface area contributed by atoms with Gasteiger partial charge in [0.2, 0.25) is 0 Å². The van der Waals surface area contributed by atoms with Crippen LogP contribution >= 0.6 is 7.82 Å². The number of unbranched alkanes of at least 4 members (excludes halogenated alkanes) is 21. The topological polar surface area (TPSA) is 120 Å². The van der Waals surface area contributed by atoms with Crippen LogP contribution in [0.4, 0.5) is 0 Å². The molecule has 0 spiro atoms. The van der Waals surface area contributed by atoms with E-state index < -0.39 is 26.5 Å². The lowest BCUT2D eigenvalue weighted by Gasteiger charge is -2.20. The van der Waals surface area contributed by atoms with E-state index in [1.54, 1.807) is 7.05 Å². The van der Waals surface area contributed by atoms with Crippen molar-refractivity contribution in [1.82, 2.24) is 5.32 Å². The Hall–Kier alpha value is -1.77. The van der Waals surface area contributed by atoms with Crippen LogP contribution in [0.15, 0.2) is 36.5 Å². The van der Waals surface area contributed by atoms with Crippen LogP contribution in [0, 0.1) is 0 Å². The summed E-state index contributed by atoms with van der Waals surface area (Å²) in [4.78, 5) is 35.0. The Balaban J connectivity index is 4.24. The van der Waals surface area contributed by atoms with E-state index >= 15 is 0 Å². The Kier molecular flexibility index (Phi) is 39.5. The monoisotopic (exact) mass is 784 g/mol. The highest BCUT2D eigenvalue weighted by atomic mass is 31.2. The van der Waals surface area contributed by atoms with Crippen molar-refractivity contribution in [2.24, 2.45) is 0 Å². The predicted molar refractivity (Wildman–Crippen MR) is 225 cm³/mol. The Morgan fingerprint density at radius 1 is 0.574 bits per heavy atom. The van der Waals surface area contributed by atoms with E-state index in [4.69, 9.17) is 18.5 Å². The Bertz CT molecular complexity index is 986. The number of carbonyl (C=O) groups is 2. The molecule has 0 aliphatic heterocycles. The second kappa shape index (κ2) is 40.9. The molecule has 0 aromatic carbocycles. The Morgan fingerprint density at radius 2 is 1.00 bits per heavy atom. The average molecular weight is 784 g/mol. The molecule has 0 aromatic rings. The minimum absolute atomic E-state index is 0.0206. The standard InChI is InChI=1S/C44H82NO8P/c1-4-6-8-10-12-14-16-18-20-21-23-24-26-28-30-32-34-36-43(46)50-40-42(41-52-54(48,49)51-39-38-45-3)53-44(47)37-35-33-31-29-27-25-22-19-17-15-13-11-9-7-5-2/h13,15,18-20,22,42,45H,4-12,14,16-17,21,23-41H2,1-3H3,(H,48,49)/b15-13-,20-18-,22-19-. The molecule has 0 fully saturated rings. The lowest BCUT2D eigenvalue weighted by molar-refractivity contribution is -0.161. The normalized spacial score (nSPS) is 13.6. The van der Waals surface area contributed by atoms with Crippen LogP contribution in [0.5, 0.6) is 0 Å². The molecule has 9 nitrogen and oxygen atoms in total. The third kappa shape index (κ3) is 39.9. The van der Waals surface area contributed by atoms with Crippen molar-refractivity contribution >= 4 is 19.8 Å². The molecule has 0 saturated carbocycles. The second-order valence-corrected chi connectivity index (χ2v) is 16.0. The predicted octanol–water partition coefficient (Wildman–Crippen LogP) is 12.4. The number of esters is 2. The summed E-state index contributed by atoms with van der Waals surface area (Å²) < 4.78 is 33.2. The van der Waals surface area contributed by atoms with Crippen molar-refractivity contribution < 1.29 is 37.6 Å². The molecule has 0 rings (SSSR count). The zero-order chi connectivity index (χ0) is 39.6. The first kappa shape index (κ1) is 52.2. The van der Waals surface area contributed by atoms with Crippen LogP contribution < -0.4 is 5.32 Å². The number of hydrogen-bond donors (Lipinski definition) is 2. The first-order chi connectivity index (χ1) is 26.3. The number of phosphoric ester groups is 1. The van der Waals surface area contributed by atoms with Crippen LogP contribution in [-0.4, -0.2) is 56.3 Å². The van der Waals surface area contributed by atoms with E-state index in [1.807, 2.05) is 0 Å². The van der Waals surface area contributed by atoms with E-state index in [2.05, 4.69) is 55.6 Å². The Morgan fingerprint density at radius 3 is 1.52 bits per heavy atom. The molecular formula is C44H82NO8P. The zero-order valence-corrected chi connectivity index (χ0v) is 35.8. The fraction of sp³-hybridized carbons (Fsp3) is 0.818. The summed E-state index contributed by atoms with van der Waals surface area (Å²) in [5.74, 6) is -0.826. The highest BCUT2D eigenvalue weighted by molar-refractivity contribution is 7.47. The summed E-state index contributed by atoms with van der Waals surface area (Å²) in [6, 6.07) is 0. The average Bonchev–Trinajstić information content (AvgIpc) is 3.15. The summed E-state index contributed by atoms with van der Waals surface area (Å²) in [7, 11) is -2.65. The van der Waals surface area contributed by atoms with E-state index in [0.29, 0.717) is 13.0 Å². The maximum Gasteiger partial charge on any atom is 0.472 e. The van der Waals surface area contributed by atoms with Crippen molar-refractivity contribution in [1.29, 1.82) is 0 Å². The maximum atomic E-state index is 12.6. The highest BCUT2D eigenvalue weighted by Crippen LogP contribution is 2.43. The molecule has 0 heterocycles. The van der Waals surface area contributed by atoms with Crippen LogP contribution in [0.2, 0.25) is 0 Å². The SMILES string of the molecule is CCCCC/C=C\C/C=C\CCCCCCCC(=O)OC(COC(=O)CCCCCCCCC/C=C\CCCCCCCC)COP(=O)(O)OCCNC. The van der Waals surface area contributed by atoms with Crippen LogP contribution in [-0.2, 0) is 32.7 Å². The number of rotatable bonds is 41. The minimum Gasteiger partial charge on any atom is -0.462 e. The van der Waals surface area contributed by atoms with Crippen molar-refractivity contribution in [2.45, 2.75) is 200 Å². The molecule has 0 aromatic heterocycles. The van der Waals surface area contributed by atoms with Gasteiger partial charge in [0, 0.05) is 19.4 Å². The molecule has 0 bridgehead atoms. The minimum atomic E-state index is -4.35. The summed E-state index contributed by atoms with van der Waals surface area (Å²) in [6.45, 7) is 4.18. The fourth-order valence-electron chi connectivity index (χ4n) is 5.87. The molecule has 54 heavy (non-hydrogen) atoms. The quantitative estimate of drug-likeness (QED) is 0.0270. The van der Waals surface area contributed by atoms with Crippen molar-refractivity contribution in [3.8, 4) is 0 Å². The van der Waals surface area contributed by atoms with Gasteiger partial charge >= 0.3 is 19.8 Å². The lowest BCUT2D eigenvalue weighted by Crippen LogP contribution is -2.29. The van der Waals surface area contributed by atoms with Gasteiger partial charge in [-0.2, -0.15) is 0 Å². The first-order valence-corrected chi connectivity index (χ1v) is 23.4. The summed E-state index contributed by atoms with van der Waals surface area (Å²) >= 11 is 0. The molecule has 0 radical (unpaired) electrons. The number of allylic oxidation sites excluding steroid dienone is 6. The van der Waals surface area contributed by atoms with Gasteiger partial charge in [0.25, 0.3) is 0 Å². The van der Waals surface area contributed by atoms with Crippen molar-refractivity contribution in [2.75, 3.05) is 33.4 Å². The Labute approximate surface area is 331 Å². The largest absolute Gasteiger partial charge is 0.472 e. The first-order valence-electron chi connectivity index (χ1n) is 21.9. The lowest BCUT2D eigenvalue weighted by atomic mass is 10.1. The molecule has 316 valence electrons. The third-order valence-corrected chi connectivity index (χ3v) is 10.2. The number of hydrogen-bond acceptors (Lipinski definition) is 8. The molecule has 2 atom stereocenters. The van der Waals surface area contributed by atoms with Gasteiger partial charge in [-0.05, 0) is 77.7 Å². The fourth-order valence-corrected chi connectivity index (χ4v) is 6.62. The number of ether oxygens (including phenoxy) is 2. The molecule has 2 unspecified atom stereocenters. The number of nitrogens with one attached hydrogen (secondary N) is 1. The molecular weight excluding hydrogens is 701 g/mol. The van der Waals surface area contributed by atoms with Crippen LogP contribution in [0.1, 0.15) is 194 Å². The van der Waals surface area contributed by atoms with Crippen molar-refractivity contribution in [3.05, 3.63) is 36.5 Å². The van der Waals surface area contributed by atoms with Crippen LogP contribution in [0.3, 0.4) is 0 Å². The molecule has 0 aliphatic carbocycles.